The van der Waals surface area contributed by atoms with Crippen LogP contribution in [-0.2, 0) is 4.74 Å². The first-order valence-electron chi connectivity index (χ1n) is 7.84. The van der Waals surface area contributed by atoms with Crippen molar-refractivity contribution in [3.8, 4) is 17.0 Å². The maximum atomic E-state index is 9.62. The maximum absolute atomic E-state index is 9.62. The van der Waals surface area contributed by atoms with Gasteiger partial charge in [0.15, 0.2) is 0 Å². The molecular weight excluding hydrogens is 292 g/mol. The number of hydrogen-bond donors (Lipinski definition) is 1. The Hall–Kier alpha value is -2.47. The minimum atomic E-state index is 0.00922. The zero-order valence-corrected chi connectivity index (χ0v) is 12.9. The molecule has 1 saturated heterocycles. The molecule has 2 aromatic heterocycles. The fourth-order valence-electron chi connectivity index (χ4n) is 3.01. The van der Waals surface area contributed by atoms with Gasteiger partial charge in [0.05, 0.1) is 29.1 Å². The Morgan fingerprint density at radius 2 is 2.13 bits per heavy atom. The largest absolute Gasteiger partial charge is 0.508 e. The number of rotatable bonds is 2. The molecule has 1 aromatic carbocycles. The zero-order valence-electron chi connectivity index (χ0n) is 12.9. The second-order valence-corrected chi connectivity index (χ2v) is 5.84. The predicted octanol–water partition coefficient (Wildman–Crippen LogP) is 3.21. The monoisotopic (exact) mass is 310 g/mol. The molecule has 1 aliphatic rings. The molecule has 1 atom stereocenters. The van der Waals surface area contributed by atoms with Crippen LogP contribution in [0.25, 0.3) is 22.3 Å². The summed E-state index contributed by atoms with van der Waals surface area (Å²) in [7, 11) is 0. The summed E-state index contributed by atoms with van der Waals surface area (Å²) in [5.74, 6) is 0.187. The van der Waals surface area contributed by atoms with Crippen LogP contribution in [0.5, 0.6) is 5.75 Å². The van der Waals surface area contributed by atoms with E-state index in [0.717, 1.165) is 48.3 Å². The molecule has 0 aliphatic carbocycles. The summed E-state index contributed by atoms with van der Waals surface area (Å²) in [6.07, 6.45) is 6.83. The number of phenolic OH excluding ortho intramolecular Hbond substituents is 1. The molecule has 1 unspecified atom stereocenters. The van der Waals surface area contributed by atoms with Gasteiger partial charge in [0.25, 0.3) is 0 Å². The Morgan fingerprint density at radius 1 is 1.22 bits per heavy atom. The molecule has 1 N–H and O–H groups in total. The highest BCUT2D eigenvalue weighted by atomic mass is 16.5. The summed E-state index contributed by atoms with van der Waals surface area (Å²) >= 11 is 0. The lowest BCUT2D eigenvalue weighted by Crippen LogP contribution is -2.20. The summed E-state index contributed by atoms with van der Waals surface area (Å²) in [6, 6.07) is 4.99. The maximum Gasteiger partial charge on any atom is 0.150 e. The van der Waals surface area contributed by atoms with E-state index >= 15 is 0 Å². The average Bonchev–Trinajstić information content (AvgIpc) is 2.96. The van der Waals surface area contributed by atoms with Crippen molar-refractivity contribution >= 4 is 11.0 Å². The van der Waals surface area contributed by atoms with E-state index < -0.39 is 0 Å². The van der Waals surface area contributed by atoms with Crippen LogP contribution in [-0.4, -0.2) is 31.5 Å². The van der Waals surface area contributed by atoms with Crippen molar-refractivity contribution in [3.63, 3.8) is 0 Å². The van der Waals surface area contributed by atoms with Gasteiger partial charge < -0.3 is 9.84 Å². The molecule has 118 valence electrons. The minimum Gasteiger partial charge on any atom is -0.508 e. The molecule has 6 nitrogen and oxygen atoms in total. The standard InChI is InChI=1S/C17H18N4O2/c1-11-13(9-19-21(11)17-4-2-3-7-23-17)16-10-18-14-6-5-12(22)8-15(14)20-16/h5-6,8-10,17,22H,2-4,7H2,1H3. The summed E-state index contributed by atoms with van der Waals surface area (Å²) in [5.41, 5.74) is 4.14. The van der Waals surface area contributed by atoms with Gasteiger partial charge in [-0.15, -0.1) is 0 Å². The summed E-state index contributed by atoms with van der Waals surface area (Å²) < 4.78 is 7.74. The van der Waals surface area contributed by atoms with Crippen LogP contribution in [0.3, 0.4) is 0 Å². The van der Waals surface area contributed by atoms with Crippen LogP contribution in [0.15, 0.2) is 30.6 Å². The Kier molecular flexibility index (Phi) is 3.46. The first-order valence-corrected chi connectivity index (χ1v) is 7.84. The molecule has 0 radical (unpaired) electrons. The Balaban J connectivity index is 1.74. The van der Waals surface area contributed by atoms with Gasteiger partial charge in [-0.3, -0.25) is 4.98 Å². The van der Waals surface area contributed by atoms with E-state index in [1.165, 1.54) is 0 Å². The van der Waals surface area contributed by atoms with Crippen molar-refractivity contribution in [1.29, 1.82) is 0 Å². The number of ether oxygens (including phenoxy) is 1. The van der Waals surface area contributed by atoms with Gasteiger partial charge in [0.2, 0.25) is 0 Å². The van der Waals surface area contributed by atoms with E-state index in [4.69, 9.17) is 4.74 Å². The molecule has 23 heavy (non-hydrogen) atoms. The van der Waals surface area contributed by atoms with Gasteiger partial charge in [0, 0.05) is 23.9 Å². The Bertz CT molecular complexity index is 853. The van der Waals surface area contributed by atoms with Crippen molar-refractivity contribution in [1.82, 2.24) is 19.7 Å². The van der Waals surface area contributed by atoms with Crippen LogP contribution < -0.4 is 0 Å². The van der Waals surface area contributed by atoms with Gasteiger partial charge >= 0.3 is 0 Å². The lowest BCUT2D eigenvalue weighted by atomic mass is 10.1. The molecule has 0 saturated carbocycles. The number of hydrogen-bond acceptors (Lipinski definition) is 5. The lowest BCUT2D eigenvalue weighted by molar-refractivity contribution is -0.0406. The van der Waals surface area contributed by atoms with Crippen LogP contribution in [0.4, 0.5) is 0 Å². The van der Waals surface area contributed by atoms with Gasteiger partial charge in [-0.2, -0.15) is 5.10 Å². The fourth-order valence-corrected chi connectivity index (χ4v) is 3.01. The fraction of sp³-hybridized carbons (Fsp3) is 0.353. The number of phenols is 1. The first kappa shape index (κ1) is 14.1. The number of benzene rings is 1. The SMILES string of the molecule is Cc1c(-c2cnc3ccc(O)cc3n2)cnn1C1CCCCO1. The highest BCUT2D eigenvalue weighted by Gasteiger charge is 2.20. The Morgan fingerprint density at radius 3 is 2.96 bits per heavy atom. The van der Waals surface area contributed by atoms with Crippen molar-refractivity contribution in [2.75, 3.05) is 6.61 Å². The highest BCUT2D eigenvalue weighted by molar-refractivity contribution is 5.78. The van der Waals surface area contributed by atoms with E-state index in [-0.39, 0.29) is 12.0 Å². The third-order valence-corrected chi connectivity index (χ3v) is 4.27. The van der Waals surface area contributed by atoms with E-state index in [1.807, 2.05) is 17.8 Å². The molecule has 3 heterocycles. The molecule has 0 spiro atoms. The smallest absolute Gasteiger partial charge is 0.150 e. The molecule has 4 rings (SSSR count). The van der Waals surface area contributed by atoms with Gasteiger partial charge in [-0.05, 0) is 38.3 Å². The van der Waals surface area contributed by atoms with E-state index in [2.05, 4.69) is 15.1 Å². The summed E-state index contributed by atoms with van der Waals surface area (Å²) in [4.78, 5) is 9.03. The number of fused-ring (bicyclic) bond motifs is 1. The lowest BCUT2D eigenvalue weighted by Gasteiger charge is -2.24. The van der Waals surface area contributed by atoms with Crippen LogP contribution >= 0.6 is 0 Å². The second-order valence-electron chi connectivity index (χ2n) is 5.84. The van der Waals surface area contributed by atoms with Crippen molar-refractivity contribution in [2.24, 2.45) is 0 Å². The quantitative estimate of drug-likeness (QED) is 0.787. The zero-order chi connectivity index (χ0) is 15.8. The van der Waals surface area contributed by atoms with Crippen molar-refractivity contribution in [3.05, 3.63) is 36.3 Å². The van der Waals surface area contributed by atoms with E-state index in [9.17, 15) is 5.11 Å². The third-order valence-electron chi connectivity index (χ3n) is 4.27. The normalized spacial score (nSPS) is 18.4. The van der Waals surface area contributed by atoms with Crippen LogP contribution in [0, 0.1) is 6.92 Å². The van der Waals surface area contributed by atoms with Gasteiger partial charge in [-0.25, -0.2) is 9.67 Å². The van der Waals surface area contributed by atoms with E-state index in [1.54, 1.807) is 24.4 Å². The predicted molar refractivity (Wildman–Crippen MR) is 86.0 cm³/mol. The molecule has 0 bridgehead atoms. The van der Waals surface area contributed by atoms with Crippen molar-refractivity contribution in [2.45, 2.75) is 32.4 Å². The molecule has 1 aliphatic heterocycles. The van der Waals surface area contributed by atoms with Crippen LogP contribution in [0.1, 0.15) is 31.2 Å². The Labute approximate surface area is 133 Å². The number of aromatic hydroxyl groups is 1. The number of nitrogens with zero attached hydrogens (tertiary/aromatic N) is 4. The minimum absolute atomic E-state index is 0.00922. The number of aromatic nitrogens is 4. The first-order chi connectivity index (χ1) is 11.2. The highest BCUT2D eigenvalue weighted by Crippen LogP contribution is 2.29. The molecule has 3 aromatic rings. The average molecular weight is 310 g/mol. The topological polar surface area (TPSA) is 73.1 Å². The molecular formula is C17H18N4O2. The van der Waals surface area contributed by atoms with Gasteiger partial charge in [0.1, 0.15) is 12.0 Å². The van der Waals surface area contributed by atoms with Gasteiger partial charge in [-0.1, -0.05) is 0 Å². The van der Waals surface area contributed by atoms with E-state index in [0.29, 0.717) is 5.52 Å². The molecule has 1 fully saturated rings. The summed E-state index contributed by atoms with van der Waals surface area (Å²) in [6.45, 7) is 2.81. The molecule has 0 amide bonds. The van der Waals surface area contributed by atoms with Crippen LogP contribution in [0.2, 0.25) is 0 Å². The summed E-state index contributed by atoms with van der Waals surface area (Å²) in [5, 5.41) is 14.1. The third kappa shape index (κ3) is 2.55. The van der Waals surface area contributed by atoms with Crippen molar-refractivity contribution < 1.29 is 9.84 Å². The second kappa shape index (κ2) is 5.62. The molecule has 6 heteroatoms.